The van der Waals surface area contributed by atoms with Crippen molar-refractivity contribution in [2.45, 2.75) is 13.3 Å². The maximum atomic E-state index is 13.1. The predicted octanol–water partition coefficient (Wildman–Crippen LogP) is 4.37. The number of aryl methyl sites for hydroxylation is 1. The van der Waals surface area contributed by atoms with Crippen LogP contribution in [0.25, 0.3) is 16.3 Å². The van der Waals surface area contributed by atoms with E-state index in [1.165, 1.54) is 5.56 Å². The van der Waals surface area contributed by atoms with E-state index in [0.29, 0.717) is 6.54 Å². The zero-order chi connectivity index (χ0) is 20.8. The van der Waals surface area contributed by atoms with Crippen LogP contribution in [-0.4, -0.2) is 55.2 Å². The summed E-state index contributed by atoms with van der Waals surface area (Å²) < 4.78 is 6.54. The van der Waals surface area contributed by atoms with Crippen molar-refractivity contribution < 1.29 is 9.53 Å². The first-order chi connectivity index (χ1) is 14.7. The van der Waals surface area contributed by atoms with Gasteiger partial charge in [-0.15, -0.1) is 0 Å². The Bertz CT molecular complexity index is 1010. The molecule has 6 heteroatoms. The maximum absolute atomic E-state index is 13.1. The van der Waals surface area contributed by atoms with E-state index in [1.807, 2.05) is 47.4 Å². The molecule has 2 aromatic carbocycles. The van der Waals surface area contributed by atoms with E-state index in [1.54, 1.807) is 17.4 Å². The maximum Gasteiger partial charge on any atom is 0.252 e. The third kappa shape index (κ3) is 5.33. The summed E-state index contributed by atoms with van der Waals surface area (Å²) in [5.41, 5.74) is 3.16. The molecule has 1 amide bonds. The number of ether oxygens (including phenoxy) is 1. The van der Waals surface area contributed by atoms with Crippen molar-refractivity contribution in [2.75, 3.05) is 44.3 Å². The SMILES string of the molecule is Cc1ccc2nc(N(CCCN3CCOCC3)C(=O)/C=C/c3ccccc3)sc2c1. The zero-order valence-corrected chi connectivity index (χ0v) is 18.1. The van der Waals surface area contributed by atoms with E-state index in [9.17, 15) is 4.79 Å². The van der Waals surface area contributed by atoms with E-state index < -0.39 is 0 Å². The Morgan fingerprint density at radius 3 is 2.80 bits per heavy atom. The number of nitrogens with zero attached hydrogens (tertiary/aromatic N) is 3. The van der Waals surface area contributed by atoms with Gasteiger partial charge in [0.15, 0.2) is 5.13 Å². The molecular weight excluding hydrogens is 394 g/mol. The van der Waals surface area contributed by atoms with Crippen molar-refractivity contribution in [1.29, 1.82) is 0 Å². The summed E-state index contributed by atoms with van der Waals surface area (Å²) in [5.74, 6) is -0.0309. The van der Waals surface area contributed by atoms with Gasteiger partial charge in [-0.3, -0.25) is 14.6 Å². The van der Waals surface area contributed by atoms with Crippen LogP contribution in [0, 0.1) is 6.92 Å². The zero-order valence-electron chi connectivity index (χ0n) is 17.3. The molecule has 3 aromatic rings. The standard InChI is InChI=1S/C24H27N3O2S/c1-19-8-10-21-22(18-19)30-24(25-21)27(13-5-12-26-14-16-29-17-15-26)23(28)11-9-20-6-3-2-4-7-20/h2-4,6-11,18H,5,12-17H2,1H3/b11-9+. The number of carbonyl (C=O) groups excluding carboxylic acids is 1. The Hall–Kier alpha value is -2.54. The van der Waals surface area contributed by atoms with Gasteiger partial charge in [0.05, 0.1) is 23.4 Å². The Labute approximate surface area is 181 Å². The van der Waals surface area contributed by atoms with Gasteiger partial charge in [-0.1, -0.05) is 47.7 Å². The fraction of sp³-hybridized carbons (Fsp3) is 0.333. The highest BCUT2D eigenvalue weighted by Gasteiger charge is 2.19. The molecule has 1 aliphatic heterocycles. The molecule has 0 saturated carbocycles. The monoisotopic (exact) mass is 421 g/mol. The molecule has 0 spiro atoms. The van der Waals surface area contributed by atoms with Crippen molar-refractivity contribution >= 4 is 38.7 Å². The lowest BCUT2D eigenvalue weighted by molar-refractivity contribution is -0.114. The van der Waals surface area contributed by atoms with Crippen LogP contribution in [0.2, 0.25) is 0 Å². The summed E-state index contributed by atoms with van der Waals surface area (Å²) in [7, 11) is 0. The number of fused-ring (bicyclic) bond motifs is 1. The molecule has 0 atom stereocenters. The van der Waals surface area contributed by atoms with Gasteiger partial charge in [-0.2, -0.15) is 0 Å². The predicted molar refractivity (Wildman–Crippen MR) is 124 cm³/mol. The van der Waals surface area contributed by atoms with Gasteiger partial charge < -0.3 is 4.74 Å². The molecule has 4 rings (SSSR count). The highest BCUT2D eigenvalue weighted by Crippen LogP contribution is 2.30. The number of hydrogen-bond acceptors (Lipinski definition) is 5. The van der Waals surface area contributed by atoms with Gasteiger partial charge in [-0.05, 0) is 42.7 Å². The topological polar surface area (TPSA) is 45.7 Å². The number of morpholine rings is 1. The smallest absolute Gasteiger partial charge is 0.252 e. The van der Waals surface area contributed by atoms with Crippen molar-refractivity contribution in [3.05, 3.63) is 65.7 Å². The van der Waals surface area contributed by atoms with E-state index in [-0.39, 0.29) is 5.91 Å². The lowest BCUT2D eigenvalue weighted by Gasteiger charge is -2.27. The molecule has 0 bridgehead atoms. The number of benzene rings is 2. The lowest BCUT2D eigenvalue weighted by Crippen LogP contribution is -2.39. The minimum atomic E-state index is -0.0309. The van der Waals surface area contributed by atoms with Crippen LogP contribution in [0.1, 0.15) is 17.5 Å². The van der Waals surface area contributed by atoms with Gasteiger partial charge >= 0.3 is 0 Å². The average molecular weight is 422 g/mol. The van der Waals surface area contributed by atoms with Crippen LogP contribution < -0.4 is 4.90 Å². The molecular formula is C24H27N3O2S. The summed E-state index contributed by atoms with van der Waals surface area (Å²) in [5, 5.41) is 0.764. The number of aromatic nitrogens is 1. The van der Waals surface area contributed by atoms with Crippen LogP contribution in [0.4, 0.5) is 5.13 Å². The first-order valence-electron chi connectivity index (χ1n) is 10.4. The molecule has 5 nitrogen and oxygen atoms in total. The Kier molecular flexibility index (Phi) is 6.89. The summed E-state index contributed by atoms with van der Waals surface area (Å²) >= 11 is 1.58. The molecule has 2 heterocycles. The summed E-state index contributed by atoms with van der Waals surface area (Å²) in [6.45, 7) is 7.18. The van der Waals surface area contributed by atoms with Gasteiger partial charge in [0.25, 0.3) is 5.91 Å². The van der Waals surface area contributed by atoms with Crippen LogP contribution in [0.5, 0.6) is 0 Å². The second kappa shape index (κ2) is 9.98. The fourth-order valence-electron chi connectivity index (χ4n) is 3.53. The molecule has 30 heavy (non-hydrogen) atoms. The Balaban J connectivity index is 1.51. The van der Waals surface area contributed by atoms with Crippen LogP contribution in [0.3, 0.4) is 0 Å². The van der Waals surface area contributed by atoms with Crippen molar-refractivity contribution in [3.8, 4) is 0 Å². The molecule has 1 saturated heterocycles. The number of hydrogen-bond donors (Lipinski definition) is 0. The van der Waals surface area contributed by atoms with Crippen LogP contribution in [-0.2, 0) is 9.53 Å². The van der Waals surface area contributed by atoms with Gasteiger partial charge in [-0.25, -0.2) is 4.98 Å². The normalized spacial score (nSPS) is 15.1. The van der Waals surface area contributed by atoms with Gasteiger partial charge in [0, 0.05) is 32.3 Å². The summed E-state index contributed by atoms with van der Waals surface area (Å²) in [6.07, 6.45) is 4.43. The molecule has 1 aliphatic rings. The molecule has 1 aromatic heterocycles. The minimum Gasteiger partial charge on any atom is -0.379 e. The van der Waals surface area contributed by atoms with Gasteiger partial charge in [0.2, 0.25) is 0 Å². The first-order valence-corrected chi connectivity index (χ1v) is 11.2. The van der Waals surface area contributed by atoms with E-state index in [0.717, 1.165) is 60.2 Å². The van der Waals surface area contributed by atoms with E-state index in [4.69, 9.17) is 9.72 Å². The Morgan fingerprint density at radius 1 is 1.20 bits per heavy atom. The Morgan fingerprint density at radius 2 is 2.00 bits per heavy atom. The van der Waals surface area contributed by atoms with Crippen molar-refractivity contribution in [1.82, 2.24) is 9.88 Å². The minimum absolute atomic E-state index is 0.0309. The summed E-state index contributed by atoms with van der Waals surface area (Å²) in [4.78, 5) is 22.1. The van der Waals surface area contributed by atoms with E-state index in [2.05, 4.69) is 24.0 Å². The van der Waals surface area contributed by atoms with Gasteiger partial charge in [0.1, 0.15) is 0 Å². The quantitative estimate of drug-likeness (QED) is 0.532. The van der Waals surface area contributed by atoms with Crippen molar-refractivity contribution in [2.24, 2.45) is 0 Å². The van der Waals surface area contributed by atoms with E-state index >= 15 is 0 Å². The van der Waals surface area contributed by atoms with Crippen LogP contribution >= 0.6 is 11.3 Å². The molecule has 1 fully saturated rings. The highest BCUT2D eigenvalue weighted by atomic mass is 32.1. The molecule has 0 aliphatic carbocycles. The number of amides is 1. The third-order valence-electron chi connectivity index (χ3n) is 5.21. The number of anilines is 1. The number of rotatable bonds is 7. The molecule has 156 valence electrons. The lowest BCUT2D eigenvalue weighted by atomic mass is 10.2. The number of carbonyl (C=O) groups is 1. The van der Waals surface area contributed by atoms with Crippen LogP contribution in [0.15, 0.2) is 54.6 Å². The molecule has 0 N–H and O–H groups in total. The summed E-state index contributed by atoms with van der Waals surface area (Å²) in [6, 6.07) is 16.1. The average Bonchev–Trinajstić information content (AvgIpc) is 3.19. The first kappa shape index (κ1) is 20.7. The van der Waals surface area contributed by atoms with Crippen molar-refractivity contribution in [3.63, 3.8) is 0 Å². The second-order valence-electron chi connectivity index (χ2n) is 7.51. The molecule has 0 unspecified atom stereocenters. The fourth-order valence-corrected chi connectivity index (χ4v) is 4.63. The highest BCUT2D eigenvalue weighted by molar-refractivity contribution is 7.22. The molecule has 0 radical (unpaired) electrons. The third-order valence-corrected chi connectivity index (χ3v) is 6.25. The number of thiazole rings is 1. The largest absolute Gasteiger partial charge is 0.379 e. The second-order valence-corrected chi connectivity index (χ2v) is 8.52.